The van der Waals surface area contributed by atoms with Crippen LogP contribution in [-0.4, -0.2) is 13.1 Å². The zero-order valence-corrected chi connectivity index (χ0v) is 9.22. The van der Waals surface area contributed by atoms with Crippen molar-refractivity contribution in [3.8, 4) is 0 Å². The van der Waals surface area contributed by atoms with Crippen molar-refractivity contribution in [3.05, 3.63) is 35.4 Å². The molecule has 0 aromatic heterocycles. The molecule has 0 spiro atoms. The lowest BCUT2D eigenvalue weighted by Crippen LogP contribution is -2.36. The predicted molar refractivity (Wildman–Crippen MR) is 60.7 cm³/mol. The Morgan fingerprint density at radius 2 is 2.07 bits per heavy atom. The topological polar surface area (TPSA) is 12.0 Å². The largest absolute Gasteiger partial charge is 0.316 e. The summed E-state index contributed by atoms with van der Waals surface area (Å²) in [6.45, 7) is 3.67. The summed E-state index contributed by atoms with van der Waals surface area (Å²) in [4.78, 5) is 0. The molecule has 1 aliphatic rings. The summed E-state index contributed by atoms with van der Waals surface area (Å²) in [5.74, 6) is 0. The maximum Gasteiger partial charge on any atom is 0.138 e. The van der Waals surface area contributed by atoms with Crippen LogP contribution in [0, 0.1) is 0 Å². The van der Waals surface area contributed by atoms with E-state index in [1.54, 1.807) is 0 Å². The summed E-state index contributed by atoms with van der Waals surface area (Å²) in [6, 6.07) is 7.97. The van der Waals surface area contributed by atoms with Gasteiger partial charge in [-0.1, -0.05) is 31.2 Å². The van der Waals surface area contributed by atoms with E-state index in [1.807, 2.05) is 18.2 Å². The van der Waals surface area contributed by atoms with Crippen LogP contribution in [0.25, 0.3) is 0 Å². The molecule has 0 bridgehead atoms. The van der Waals surface area contributed by atoms with Crippen molar-refractivity contribution in [2.45, 2.75) is 31.9 Å². The average Bonchev–Trinajstić information content (AvgIpc) is 2.30. The van der Waals surface area contributed by atoms with Gasteiger partial charge < -0.3 is 5.32 Å². The standard InChI is InChI=1S/C13H18FN/c1-2-11-4-3-5-12(10-11)13(14)6-8-15-9-7-13/h3-5,10,15H,2,6-9H2,1H3. The highest BCUT2D eigenvalue weighted by molar-refractivity contribution is 5.29. The van der Waals surface area contributed by atoms with E-state index in [0.29, 0.717) is 12.8 Å². The fraction of sp³-hybridized carbons (Fsp3) is 0.538. The monoisotopic (exact) mass is 207 g/mol. The number of hydrogen-bond acceptors (Lipinski definition) is 1. The molecule has 1 fully saturated rings. The number of rotatable bonds is 2. The lowest BCUT2D eigenvalue weighted by molar-refractivity contribution is 0.115. The first-order valence-electron chi connectivity index (χ1n) is 5.74. The van der Waals surface area contributed by atoms with Gasteiger partial charge in [-0.3, -0.25) is 0 Å². The molecule has 2 rings (SSSR count). The van der Waals surface area contributed by atoms with Gasteiger partial charge in [0.05, 0.1) is 0 Å². The maximum atomic E-state index is 14.6. The third-order valence-corrected chi connectivity index (χ3v) is 3.25. The molecule has 0 atom stereocenters. The maximum absolute atomic E-state index is 14.6. The second kappa shape index (κ2) is 4.31. The Morgan fingerprint density at radius 3 is 2.73 bits per heavy atom. The van der Waals surface area contributed by atoms with Gasteiger partial charge in [0.1, 0.15) is 5.67 Å². The zero-order valence-electron chi connectivity index (χ0n) is 9.22. The van der Waals surface area contributed by atoms with Crippen LogP contribution in [0.2, 0.25) is 0 Å². The molecule has 1 aromatic carbocycles. The van der Waals surface area contributed by atoms with Gasteiger partial charge in [0.15, 0.2) is 0 Å². The summed E-state index contributed by atoms with van der Waals surface area (Å²) < 4.78 is 14.6. The molecule has 1 saturated heterocycles. The zero-order chi connectivity index (χ0) is 10.7. The molecule has 15 heavy (non-hydrogen) atoms. The minimum absolute atomic E-state index is 0.597. The summed E-state index contributed by atoms with van der Waals surface area (Å²) in [7, 11) is 0. The molecule has 2 heteroatoms. The van der Waals surface area contributed by atoms with Crippen molar-refractivity contribution in [2.24, 2.45) is 0 Å². The van der Waals surface area contributed by atoms with Crippen LogP contribution >= 0.6 is 0 Å². The van der Waals surface area contributed by atoms with Crippen molar-refractivity contribution < 1.29 is 4.39 Å². The molecule has 0 saturated carbocycles. The first-order valence-corrected chi connectivity index (χ1v) is 5.74. The quantitative estimate of drug-likeness (QED) is 0.786. The molecule has 0 aliphatic carbocycles. The number of alkyl halides is 1. The second-order valence-electron chi connectivity index (χ2n) is 4.27. The van der Waals surface area contributed by atoms with Crippen molar-refractivity contribution in [1.29, 1.82) is 0 Å². The highest BCUT2D eigenvalue weighted by Crippen LogP contribution is 2.35. The summed E-state index contributed by atoms with van der Waals surface area (Å²) in [5.41, 5.74) is 0.989. The molecular weight excluding hydrogens is 189 g/mol. The van der Waals surface area contributed by atoms with Gasteiger partial charge >= 0.3 is 0 Å². The fourth-order valence-electron chi connectivity index (χ4n) is 2.18. The number of nitrogens with one attached hydrogen (secondary N) is 1. The summed E-state index contributed by atoms with van der Waals surface area (Å²) >= 11 is 0. The third-order valence-electron chi connectivity index (χ3n) is 3.25. The van der Waals surface area contributed by atoms with Crippen LogP contribution in [0.1, 0.15) is 30.9 Å². The van der Waals surface area contributed by atoms with Crippen LogP contribution in [0.15, 0.2) is 24.3 Å². The highest BCUT2D eigenvalue weighted by Gasteiger charge is 2.33. The van der Waals surface area contributed by atoms with Crippen LogP contribution in [-0.2, 0) is 12.1 Å². The van der Waals surface area contributed by atoms with E-state index in [2.05, 4.69) is 18.3 Å². The Labute approximate surface area is 90.7 Å². The SMILES string of the molecule is CCc1cccc(C2(F)CCNCC2)c1. The molecular formula is C13H18FN. The van der Waals surface area contributed by atoms with Gasteiger partial charge in [0.25, 0.3) is 0 Å². The van der Waals surface area contributed by atoms with E-state index < -0.39 is 5.67 Å². The van der Waals surface area contributed by atoms with E-state index >= 15 is 0 Å². The lowest BCUT2D eigenvalue weighted by Gasteiger charge is -2.30. The number of halogens is 1. The van der Waals surface area contributed by atoms with Crippen molar-refractivity contribution in [1.82, 2.24) is 5.32 Å². The minimum Gasteiger partial charge on any atom is -0.316 e. The van der Waals surface area contributed by atoms with Gasteiger partial charge in [-0.25, -0.2) is 4.39 Å². The summed E-state index contributed by atoms with van der Waals surface area (Å²) in [6.07, 6.45) is 2.17. The molecule has 82 valence electrons. The molecule has 1 aromatic rings. The van der Waals surface area contributed by atoms with E-state index in [-0.39, 0.29) is 0 Å². The summed E-state index contributed by atoms with van der Waals surface area (Å²) in [5, 5.41) is 3.20. The van der Waals surface area contributed by atoms with Gasteiger partial charge in [0, 0.05) is 0 Å². The van der Waals surface area contributed by atoms with E-state index in [4.69, 9.17) is 0 Å². The number of piperidine rings is 1. The second-order valence-corrected chi connectivity index (χ2v) is 4.27. The average molecular weight is 207 g/mol. The first-order chi connectivity index (χ1) is 7.24. The Balaban J connectivity index is 2.26. The van der Waals surface area contributed by atoms with Crippen molar-refractivity contribution in [2.75, 3.05) is 13.1 Å². The van der Waals surface area contributed by atoms with Gasteiger partial charge in [-0.05, 0) is 43.5 Å². The Hall–Kier alpha value is -0.890. The van der Waals surface area contributed by atoms with Crippen molar-refractivity contribution in [3.63, 3.8) is 0 Å². The van der Waals surface area contributed by atoms with Gasteiger partial charge in [0.2, 0.25) is 0 Å². The lowest BCUT2D eigenvalue weighted by atomic mass is 9.86. The van der Waals surface area contributed by atoms with E-state index in [9.17, 15) is 4.39 Å². The first kappa shape index (κ1) is 10.6. The molecule has 0 unspecified atom stereocenters. The van der Waals surface area contributed by atoms with Crippen LogP contribution < -0.4 is 5.32 Å². The molecule has 1 aliphatic heterocycles. The molecule has 1 nitrogen and oxygen atoms in total. The van der Waals surface area contributed by atoms with Crippen LogP contribution in [0.3, 0.4) is 0 Å². The Bertz CT molecular complexity index is 329. The number of aryl methyl sites for hydroxylation is 1. The molecule has 0 radical (unpaired) electrons. The van der Waals surface area contributed by atoms with E-state index in [0.717, 1.165) is 25.1 Å². The van der Waals surface area contributed by atoms with E-state index in [1.165, 1.54) is 5.56 Å². The Morgan fingerprint density at radius 1 is 1.33 bits per heavy atom. The van der Waals surface area contributed by atoms with Crippen LogP contribution in [0.4, 0.5) is 4.39 Å². The van der Waals surface area contributed by atoms with Gasteiger partial charge in [-0.15, -0.1) is 0 Å². The third kappa shape index (κ3) is 2.20. The fourth-order valence-corrected chi connectivity index (χ4v) is 2.18. The Kier molecular flexibility index (Phi) is 3.06. The van der Waals surface area contributed by atoms with Crippen LogP contribution in [0.5, 0.6) is 0 Å². The smallest absolute Gasteiger partial charge is 0.138 e. The highest BCUT2D eigenvalue weighted by atomic mass is 19.1. The predicted octanol–water partition coefficient (Wildman–Crippen LogP) is 2.80. The van der Waals surface area contributed by atoms with Gasteiger partial charge in [-0.2, -0.15) is 0 Å². The normalized spacial score (nSPS) is 20.1. The molecule has 1 N–H and O–H groups in total. The van der Waals surface area contributed by atoms with Crippen molar-refractivity contribution >= 4 is 0 Å². The molecule has 0 amide bonds. The number of benzene rings is 1. The minimum atomic E-state index is -1.10. The number of hydrogen-bond donors (Lipinski definition) is 1. The molecule has 1 heterocycles.